The molecule has 8 heteroatoms. The number of anilines is 1. The molecule has 4 rings (SSSR count). The van der Waals surface area contributed by atoms with Gasteiger partial charge in [0.05, 0.1) is 31.0 Å². The quantitative estimate of drug-likeness (QED) is 0.614. The molecule has 172 valence electrons. The maximum atomic E-state index is 12.8. The van der Waals surface area contributed by atoms with Gasteiger partial charge in [-0.2, -0.15) is 5.10 Å². The highest BCUT2D eigenvalue weighted by Crippen LogP contribution is 2.23. The van der Waals surface area contributed by atoms with Crippen LogP contribution in [0.5, 0.6) is 0 Å². The second-order valence-electron chi connectivity index (χ2n) is 8.20. The maximum absolute atomic E-state index is 12.8. The van der Waals surface area contributed by atoms with Crippen molar-refractivity contribution in [1.29, 1.82) is 0 Å². The topological polar surface area (TPSA) is 76.5 Å². The van der Waals surface area contributed by atoms with E-state index in [1.165, 1.54) is 0 Å². The molecule has 33 heavy (non-hydrogen) atoms. The van der Waals surface area contributed by atoms with Crippen LogP contribution in [-0.4, -0.2) is 52.8 Å². The fourth-order valence-corrected chi connectivity index (χ4v) is 4.12. The number of carbonyl (C=O) groups is 2. The third-order valence-corrected chi connectivity index (χ3v) is 6.28. The van der Waals surface area contributed by atoms with Crippen LogP contribution in [0.3, 0.4) is 0 Å². The van der Waals surface area contributed by atoms with E-state index >= 15 is 0 Å². The second kappa shape index (κ2) is 9.77. The first kappa shape index (κ1) is 23.0. The van der Waals surface area contributed by atoms with Gasteiger partial charge in [-0.1, -0.05) is 23.7 Å². The molecule has 0 bridgehead atoms. The molecule has 2 aromatic carbocycles. The van der Waals surface area contributed by atoms with Crippen molar-refractivity contribution in [3.63, 3.8) is 0 Å². The molecule has 3 aromatic rings. The van der Waals surface area contributed by atoms with Crippen LogP contribution in [0.4, 0.5) is 5.69 Å². The zero-order valence-electron chi connectivity index (χ0n) is 19.0. The molecule has 1 N–H and O–H groups in total. The number of nitrogens with one attached hydrogen (secondary N) is 1. The van der Waals surface area contributed by atoms with Gasteiger partial charge < -0.3 is 15.0 Å². The number of carbonyl (C=O) groups excluding carboxylic acids is 2. The largest absolute Gasteiger partial charge is 0.378 e. The minimum atomic E-state index is -0.168. The average molecular weight is 467 g/mol. The summed E-state index contributed by atoms with van der Waals surface area (Å²) in [7, 11) is 0. The highest BCUT2D eigenvalue weighted by atomic mass is 35.5. The molecule has 1 aromatic heterocycles. The summed E-state index contributed by atoms with van der Waals surface area (Å²) in [6.45, 7) is 8.02. The third-order valence-electron chi connectivity index (χ3n) is 5.87. The number of ether oxygens (including phenoxy) is 1. The summed E-state index contributed by atoms with van der Waals surface area (Å²) >= 11 is 6.28. The molecule has 0 radical (unpaired) electrons. The zero-order chi connectivity index (χ0) is 23.5. The number of halogens is 1. The van der Waals surface area contributed by atoms with Gasteiger partial charge in [-0.3, -0.25) is 9.59 Å². The van der Waals surface area contributed by atoms with Crippen molar-refractivity contribution in [2.45, 2.75) is 27.2 Å². The Labute approximate surface area is 198 Å². The van der Waals surface area contributed by atoms with Crippen LogP contribution in [0.25, 0.3) is 5.69 Å². The Morgan fingerprint density at radius 2 is 1.85 bits per heavy atom. The van der Waals surface area contributed by atoms with Crippen molar-refractivity contribution in [3.8, 4) is 5.69 Å². The standard InChI is InChI=1S/C25H27ClN4O3/c1-16-7-8-21(14-23(16)26)30-18(3)22(17(2)28-30)15-24(31)27-20-6-4-5-19(13-20)25(32)29-9-11-33-12-10-29/h4-8,13-14H,9-12,15H2,1-3H3,(H,27,31). The van der Waals surface area contributed by atoms with Crippen molar-refractivity contribution in [2.24, 2.45) is 0 Å². The number of morpholine rings is 1. The van der Waals surface area contributed by atoms with Crippen LogP contribution >= 0.6 is 11.6 Å². The van der Waals surface area contributed by atoms with Crippen molar-refractivity contribution < 1.29 is 14.3 Å². The third kappa shape index (κ3) is 5.10. The summed E-state index contributed by atoms with van der Waals surface area (Å²) in [4.78, 5) is 27.3. The Kier molecular flexibility index (Phi) is 6.81. The molecule has 0 aliphatic carbocycles. The molecular formula is C25H27ClN4O3. The van der Waals surface area contributed by atoms with Crippen molar-refractivity contribution in [2.75, 3.05) is 31.6 Å². The highest BCUT2D eigenvalue weighted by molar-refractivity contribution is 6.31. The zero-order valence-corrected chi connectivity index (χ0v) is 19.8. The summed E-state index contributed by atoms with van der Waals surface area (Å²) < 4.78 is 7.13. The van der Waals surface area contributed by atoms with Gasteiger partial charge in [0.1, 0.15) is 0 Å². The number of hydrogen-bond acceptors (Lipinski definition) is 4. The molecule has 0 unspecified atom stereocenters. The second-order valence-corrected chi connectivity index (χ2v) is 8.61. The number of hydrogen-bond donors (Lipinski definition) is 1. The van der Waals surface area contributed by atoms with Crippen LogP contribution < -0.4 is 5.32 Å². The Bertz CT molecular complexity index is 1200. The predicted octanol–water partition coefficient (Wildman–Crippen LogP) is 4.10. The number of aryl methyl sites for hydroxylation is 2. The molecule has 1 saturated heterocycles. The fraction of sp³-hybridized carbons (Fsp3) is 0.320. The van der Waals surface area contributed by atoms with E-state index in [4.69, 9.17) is 16.3 Å². The van der Waals surface area contributed by atoms with Gasteiger partial charge in [-0.15, -0.1) is 0 Å². The first-order valence-electron chi connectivity index (χ1n) is 10.9. The predicted molar refractivity (Wildman–Crippen MR) is 128 cm³/mol. The number of benzene rings is 2. The lowest BCUT2D eigenvalue weighted by Crippen LogP contribution is -2.40. The SMILES string of the molecule is Cc1ccc(-n2nc(C)c(CC(=O)Nc3cccc(C(=O)N4CCOCC4)c3)c2C)cc1Cl. The highest BCUT2D eigenvalue weighted by Gasteiger charge is 2.20. The van der Waals surface area contributed by atoms with Gasteiger partial charge in [0.25, 0.3) is 5.91 Å². The van der Waals surface area contributed by atoms with Crippen molar-refractivity contribution in [1.82, 2.24) is 14.7 Å². The number of aromatic nitrogens is 2. The molecule has 1 aliphatic rings. The van der Waals surface area contributed by atoms with E-state index < -0.39 is 0 Å². The first-order chi connectivity index (χ1) is 15.8. The summed E-state index contributed by atoms with van der Waals surface area (Å²) in [6, 6.07) is 12.8. The molecular weight excluding hydrogens is 440 g/mol. The van der Waals surface area contributed by atoms with Crippen molar-refractivity contribution >= 4 is 29.1 Å². The monoisotopic (exact) mass is 466 g/mol. The van der Waals surface area contributed by atoms with Crippen LogP contribution in [0.1, 0.15) is 32.9 Å². The molecule has 1 aliphatic heterocycles. The van der Waals surface area contributed by atoms with E-state index in [1.54, 1.807) is 29.2 Å². The lowest BCUT2D eigenvalue weighted by atomic mass is 10.1. The molecule has 7 nitrogen and oxygen atoms in total. The molecule has 0 saturated carbocycles. The number of nitrogens with zero attached hydrogens (tertiary/aromatic N) is 3. The van der Waals surface area contributed by atoms with E-state index in [1.807, 2.05) is 43.7 Å². The number of rotatable bonds is 5. The molecule has 2 heterocycles. The van der Waals surface area contributed by atoms with Gasteiger partial charge in [0, 0.05) is 40.6 Å². The molecule has 2 amide bonds. The Hall–Kier alpha value is -3.16. The molecule has 0 spiro atoms. The Morgan fingerprint density at radius 1 is 1.09 bits per heavy atom. The minimum Gasteiger partial charge on any atom is -0.378 e. The summed E-state index contributed by atoms with van der Waals surface area (Å²) in [6.07, 6.45) is 0.179. The van der Waals surface area contributed by atoms with Gasteiger partial charge in [0.2, 0.25) is 5.91 Å². The van der Waals surface area contributed by atoms with Crippen molar-refractivity contribution in [3.05, 3.63) is 75.6 Å². The first-order valence-corrected chi connectivity index (χ1v) is 11.3. The van der Waals surface area contributed by atoms with Crippen LogP contribution in [0.15, 0.2) is 42.5 Å². The van der Waals surface area contributed by atoms with E-state index in [2.05, 4.69) is 10.4 Å². The Balaban J connectivity index is 1.48. The lowest BCUT2D eigenvalue weighted by Gasteiger charge is -2.27. The van der Waals surface area contributed by atoms with Gasteiger partial charge in [-0.05, 0) is 56.7 Å². The van der Waals surface area contributed by atoms with Gasteiger partial charge in [0.15, 0.2) is 0 Å². The Morgan fingerprint density at radius 3 is 2.58 bits per heavy atom. The normalized spacial score (nSPS) is 13.8. The van der Waals surface area contributed by atoms with Crippen LogP contribution in [0, 0.1) is 20.8 Å². The van der Waals surface area contributed by atoms with E-state index in [0.29, 0.717) is 42.6 Å². The smallest absolute Gasteiger partial charge is 0.254 e. The van der Waals surface area contributed by atoms with E-state index in [-0.39, 0.29) is 18.2 Å². The van der Waals surface area contributed by atoms with Crippen LogP contribution in [0.2, 0.25) is 5.02 Å². The number of amides is 2. The summed E-state index contributed by atoms with van der Waals surface area (Å²) in [5.41, 5.74) is 5.53. The molecule has 1 fully saturated rings. The van der Waals surface area contributed by atoms with Gasteiger partial charge in [-0.25, -0.2) is 4.68 Å². The van der Waals surface area contributed by atoms with E-state index in [9.17, 15) is 9.59 Å². The summed E-state index contributed by atoms with van der Waals surface area (Å²) in [5, 5.41) is 8.21. The maximum Gasteiger partial charge on any atom is 0.254 e. The lowest BCUT2D eigenvalue weighted by molar-refractivity contribution is -0.115. The minimum absolute atomic E-state index is 0.0564. The van der Waals surface area contributed by atoms with E-state index in [0.717, 1.165) is 28.2 Å². The average Bonchev–Trinajstić information content (AvgIpc) is 3.09. The fourth-order valence-electron chi connectivity index (χ4n) is 3.94. The summed E-state index contributed by atoms with van der Waals surface area (Å²) in [5.74, 6) is -0.224. The molecule has 0 atom stereocenters. The van der Waals surface area contributed by atoms with Crippen LogP contribution in [-0.2, 0) is 16.0 Å². The van der Waals surface area contributed by atoms with Gasteiger partial charge >= 0.3 is 0 Å².